The molecule has 88 valence electrons. The van der Waals surface area contributed by atoms with Crippen LogP contribution in [0, 0.1) is 0 Å². The van der Waals surface area contributed by atoms with Crippen LogP contribution in [-0.4, -0.2) is 16.3 Å². The Kier molecular flexibility index (Phi) is 3.73. The quantitative estimate of drug-likeness (QED) is 0.796. The van der Waals surface area contributed by atoms with E-state index in [0.717, 1.165) is 12.2 Å². The second-order valence-corrected chi connectivity index (χ2v) is 3.97. The molecule has 0 spiro atoms. The summed E-state index contributed by atoms with van der Waals surface area (Å²) < 4.78 is 1.89. The maximum Gasteiger partial charge on any atom is 0.0645 e. The van der Waals surface area contributed by atoms with Crippen LogP contribution >= 0.6 is 0 Å². The van der Waals surface area contributed by atoms with Crippen LogP contribution in [-0.2, 0) is 0 Å². The molecule has 0 radical (unpaired) electrons. The maximum atomic E-state index is 4.37. The van der Waals surface area contributed by atoms with E-state index in [2.05, 4.69) is 30.1 Å². The highest BCUT2D eigenvalue weighted by Crippen LogP contribution is 2.13. The molecule has 17 heavy (non-hydrogen) atoms. The number of nitrogens with one attached hydrogen (secondary N) is 1. The largest absolute Gasteiger partial charge is 0.307 e. The molecule has 0 saturated heterocycles. The monoisotopic (exact) mass is 227 g/mol. The van der Waals surface area contributed by atoms with E-state index in [4.69, 9.17) is 0 Å². The molecule has 1 aromatic carbocycles. The van der Waals surface area contributed by atoms with Gasteiger partial charge in [-0.1, -0.05) is 24.3 Å². The van der Waals surface area contributed by atoms with Crippen LogP contribution in [0.3, 0.4) is 0 Å². The number of hydrogen-bond acceptors (Lipinski definition) is 2. The van der Waals surface area contributed by atoms with E-state index in [1.54, 1.807) is 0 Å². The summed E-state index contributed by atoms with van der Waals surface area (Å²) in [5.74, 6) is 0. The molecule has 0 aliphatic carbocycles. The van der Waals surface area contributed by atoms with Crippen molar-refractivity contribution in [1.29, 1.82) is 0 Å². The van der Waals surface area contributed by atoms with Crippen molar-refractivity contribution in [3.05, 3.63) is 60.9 Å². The van der Waals surface area contributed by atoms with Crippen molar-refractivity contribution < 1.29 is 0 Å². The molecule has 3 heteroatoms. The van der Waals surface area contributed by atoms with Gasteiger partial charge in [0.15, 0.2) is 0 Å². The minimum atomic E-state index is 0.283. The average molecular weight is 227 g/mol. The van der Waals surface area contributed by atoms with Gasteiger partial charge in [-0.2, -0.15) is 5.10 Å². The van der Waals surface area contributed by atoms with Crippen molar-refractivity contribution in [2.75, 3.05) is 6.54 Å². The number of nitrogens with zero attached hydrogens (tertiary/aromatic N) is 2. The van der Waals surface area contributed by atoms with Gasteiger partial charge in [0.1, 0.15) is 0 Å². The zero-order valence-electron chi connectivity index (χ0n) is 10.0. The Morgan fingerprint density at radius 3 is 2.88 bits per heavy atom. The molecule has 2 rings (SSSR count). The molecule has 0 amide bonds. The third-order valence-electron chi connectivity index (χ3n) is 2.69. The molecule has 0 bridgehead atoms. The van der Waals surface area contributed by atoms with Gasteiger partial charge >= 0.3 is 0 Å². The summed E-state index contributed by atoms with van der Waals surface area (Å²) in [6, 6.07) is 10.4. The highest BCUT2D eigenvalue weighted by Gasteiger charge is 2.07. The number of aromatic nitrogens is 2. The molecule has 1 heterocycles. The van der Waals surface area contributed by atoms with Gasteiger partial charge in [-0.25, -0.2) is 4.68 Å². The van der Waals surface area contributed by atoms with Crippen LogP contribution in [0.5, 0.6) is 0 Å². The van der Waals surface area contributed by atoms with Crippen LogP contribution in [0.2, 0.25) is 0 Å². The molecule has 2 aromatic rings. The molecule has 0 aliphatic heterocycles. The van der Waals surface area contributed by atoms with Gasteiger partial charge in [0, 0.05) is 24.3 Å². The number of benzene rings is 1. The normalized spacial score (nSPS) is 12.3. The summed E-state index contributed by atoms with van der Waals surface area (Å²) in [4.78, 5) is 0. The molecule has 0 aliphatic rings. The molecule has 0 saturated carbocycles. The molecule has 1 N–H and O–H groups in total. The first-order valence-corrected chi connectivity index (χ1v) is 5.75. The molecule has 1 aromatic heterocycles. The second kappa shape index (κ2) is 5.46. The molecular formula is C14H17N3. The minimum absolute atomic E-state index is 0.283. The first kappa shape index (κ1) is 11.6. The Bertz CT molecular complexity index is 473. The Labute approximate surface area is 102 Å². The minimum Gasteiger partial charge on any atom is -0.307 e. The SMILES string of the molecule is C=CCNC(C)c1cnn(-c2ccccc2)c1. The van der Waals surface area contributed by atoms with Gasteiger partial charge in [0.25, 0.3) is 0 Å². The Morgan fingerprint density at radius 1 is 1.41 bits per heavy atom. The van der Waals surface area contributed by atoms with Crippen molar-refractivity contribution in [2.24, 2.45) is 0 Å². The van der Waals surface area contributed by atoms with Crippen molar-refractivity contribution in [3.8, 4) is 5.69 Å². The van der Waals surface area contributed by atoms with Crippen molar-refractivity contribution in [1.82, 2.24) is 15.1 Å². The van der Waals surface area contributed by atoms with Crippen molar-refractivity contribution in [3.63, 3.8) is 0 Å². The van der Waals surface area contributed by atoms with E-state index in [9.17, 15) is 0 Å². The van der Waals surface area contributed by atoms with Crippen LogP contribution in [0.4, 0.5) is 0 Å². The first-order valence-electron chi connectivity index (χ1n) is 5.75. The summed E-state index contributed by atoms with van der Waals surface area (Å²) in [6.07, 6.45) is 5.81. The number of rotatable bonds is 5. The van der Waals surface area contributed by atoms with Gasteiger partial charge in [0.2, 0.25) is 0 Å². The topological polar surface area (TPSA) is 29.9 Å². The van der Waals surface area contributed by atoms with E-state index < -0.39 is 0 Å². The highest BCUT2D eigenvalue weighted by atomic mass is 15.3. The zero-order chi connectivity index (χ0) is 12.1. The van der Waals surface area contributed by atoms with Gasteiger partial charge in [-0.3, -0.25) is 0 Å². The fourth-order valence-corrected chi connectivity index (χ4v) is 1.66. The van der Waals surface area contributed by atoms with E-state index >= 15 is 0 Å². The predicted molar refractivity (Wildman–Crippen MR) is 70.2 cm³/mol. The van der Waals surface area contributed by atoms with Gasteiger partial charge in [0.05, 0.1) is 11.9 Å². The lowest BCUT2D eigenvalue weighted by Gasteiger charge is -2.09. The molecule has 3 nitrogen and oxygen atoms in total. The predicted octanol–water partition coefficient (Wildman–Crippen LogP) is 2.71. The molecule has 0 fully saturated rings. The van der Waals surface area contributed by atoms with E-state index in [1.807, 2.05) is 47.3 Å². The summed E-state index contributed by atoms with van der Waals surface area (Å²) in [5, 5.41) is 7.71. The summed E-state index contributed by atoms with van der Waals surface area (Å²) in [7, 11) is 0. The van der Waals surface area contributed by atoms with Crippen LogP contribution in [0.15, 0.2) is 55.4 Å². The van der Waals surface area contributed by atoms with Gasteiger partial charge in [-0.15, -0.1) is 6.58 Å². The maximum absolute atomic E-state index is 4.37. The zero-order valence-corrected chi connectivity index (χ0v) is 10.0. The van der Waals surface area contributed by atoms with Gasteiger partial charge < -0.3 is 5.32 Å². The first-order chi connectivity index (χ1) is 8.31. The lowest BCUT2D eigenvalue weighted by molar-refractivity contribution is 0.617. The fraction of sp³-hybridized carbons (Fsp3) is 0.214. The Morgan fingerprint density at radius 2 is 2.18 bits per heavy atom. The van der Waals surface area contributed by atoms with Gasteiger partial charge in [-0.05, 0) is 19.1 Å². The van der Waals surface area contributed by atoms with E-state index in [0.29, 0.717) is 0 Å². The van der Waals surface area contributed by atoms with E-state index in [1.165, 1.54) is 5.56 Å². The lowest BCUT2D eigenvalue weighted by atomic mass is 10.2. The smallest absolute Gasteiger partial charge is 0.0645 e. The Balaban J connectivity index is 2.13. The molecular weight excluding hydrogens is 210 g/mol. The standard InChI is InChI=1S/C14H17N3/c1-3-9-15-12(2)13-10-16-17(11-13)14-7-5-4-6-8-14/h3-8,10-12,15H,1,9H2,2H3. The third-order valence-corrected chi connectivity index (χ3v) is 2.69. The average Bonchev–Trinajstić information content (AvgIpc) is 2.86. The summed E-state index contributed by atoms with van der Waals surface area (Å²) >= 11 is 0. The molecule has 1 atom stereocenters. The number of hydrogen-bond donors (Lipinski definition) is 1. The summed E-state index contributed by atoms with van der Waals surface area (Å²) in [5.41, 5.74) is 2.25. The van der Waals surface area contributed by atoms with E-state index in [-0.39, 0.29) is 6.04 Å². The third kappa shape index (κ3) is 2.82. The van der Waals surface area contributed by atoms with Crippen LogP contribution in [0.25, 0.3) is 5.69 Å². The van der Waals surface area contributed by atoms with Crippen LogP contribution in [0.1, 0.15) is 18.5 Å². The Hall–Kier alpha value is -1.87. The van der Waals surface area contributed by atoms with Crippen molar-refractivity contribution >= 4 is 0 Å². The van der Waals surface area contributed by atoms with Crippen molar-refractivity contribution in [2.45, 2.75) is 13.0 Å². The molecule has 1 unspecified atom stereocenters. The lowest BCUT2D eigenvalue weighted by Crippen LogP contribution is -2.17. The van der Waals surface area contributed by atoms with Crippen LogP contribution < -0.4 is 5.32 Å². The second-order valence-electron chi connectivity index (χ2n) is 3.97. The summed E-state index contributed by atoms with van der Waals surface area (Å²) in [6.45, 7) is 6.62. The fourth-order valence-electron chi connectivity index (χ4n) is 1.66. The highest BCUT2D eigenvalue weighted by molar-refractivity contribution is 5.31. The number of para-hydroxylation sites is 1.